The molecule has 0 atom stereocenters. The minimum Gasteiger partial charge on any atom is -0.506 e. The molecule has 0 saturated heterocycles. The molecule has 0 aliphatic rings. The SMILES string of the molecule is FC(F)(F)c1cccc2nn(-c3cccc4ccccc34)nc12.FC(F)(F)c1cccc2nn(-c3cccc4ccccc34)nc12.Oc1ccc2ccccc2c1-n1nc2cccc(C(F)(F)F)c2n1.[Ir]. The monoisotopic (exact) mass is 1150 g/mol. The van der Waals surface area contributed by atoms with Crippen LogP contribution >= 0.6 is 0 Å². The van der Waals surface area contributed by atoms with Gasteiger partial charge in [0.15, 0.2) is 0 Å². The van der Waals surface area contributed by atoms with Gasteiger partial charge in [0.05, 0.1) is 28.1 Å². The van der Waals surface area contributed by atoms with Crippen LogP contribution in [0.25, 0.3) is 82.5 Å². The molecule has 0 unspecified atom stereocenters. The first kappa shape index (κ1) is 47.8. The molecule has 0 aliphatic heterocycles. The van der Waals surface area contributed by atoms with Gasteiger partial charge in [-0.05, 0) is 70.8 Å². The standard InChI is InChI=1S/C17H10F3N3O.2C17H10F3N3.Ir/c18-17(19,20)12-6-3-7-13-15(12)22-23(21-13)16-11-5-2-1-4-10(11)8-9-14(16)24;2*18-17(19,20)13-8-4-9-14-16(13)22-23(21-14)15-10-3-6-11-5-1-2-7-12(11)15;/h1-9,24H;2*1-10H;. The van der Waals surface area contributed by atoms with Crippen molar-refractivity contribution in [3.8, 4) is 22.8 Å². The van der Waals surface area contributed by atoms with Crippen molar-refractivity contribution in [3.63, 3.8) is 0 Å². The van der Waals surface area contributed by atoms with Gasteiger partial charge in [-0.25, -0.2) is 0 Å². The summed E-state index contributed by atoms with van der Waals surface area (Å²) < 4.78 is 118. The molecule has 20 heteroatoms. The Morgan fingerprint density at radius 2 is 0.648 bits per heavy atom. The summed E-state index contributed by atoms with van der Waals surface area (Å²) in [6, 6.07) is 48.2. The number of rotatable bonds is 3. The van der Waals surface area contributed by atoms with Gasteiger partial charge in [-0.1, -0.05) is 121 Å². The minimum absolute atomic E-state index is 0. The summed E-state index contributed by atoms with van der Waals surface area (Å²) in [5.41, 5.74) is -0.873. The maximum absolute atomic E-state index is 13.1. The molecule has 10 nitrogen and oxygen atoms in total. The van der Waals surface area contributed by atoms with Gasteiger partial charge < -0.3 is 5.11 Å². The number of phenolic OH excluding ortho intramolecular Hbond substituents is 1. The number of phenols is 1. The maximum atomic E-state index is 13.1. The normalized spacial score (nSPS) is 12.0. The third kappa shape index (κ3) is 9.34. The Hall–Kier alpha value is -8.22. The van der Waals surface area contributed by atoms with Crippen LogP contribution in [0.15, 0.2) is 176 Å². The maximum Gasteiger partial charge on any atom is 0.418 e. The van der Waals surface area contributed by atoms with E-state index in [1.807, 2.05) is 84.9 Å². The number of halogens is 9. The Morgan fingerprint density at radius 3 is 1.06 bits per heavy atom. The van der Waals surface area contributed by atoms with Crippen molar-refractivity contribution < 1.29 is 64.7 Å². The molecule has 12 aromatic rings. The summed E-state index contributed by atoms with van der Waals surface area (Å²) in [6.45, 7) is 0. The van der Waals surface area contributed by atoms with E-state index in [4.69, 9.17) is 0 Å². The van der Waals surface area contributed by atoms with E-state index in [1.54, 1.807) is 30.3 Å². The van der Waals surface area contributed by atoms with E-state index in [-0.39, 0.29) is 64.6 Å². The fraction of sp³-hybridized carbons (Fsp3) is 0.0588. The topological polar surface area (TPSA) is 112 Å². The van der Waals surface area contributed by atoms with Crippen LogP contribution in [0.1, 0.15) is 16.7 Å². The van der Waals surface area contributed by atoms with E-state index in [0.29, 0.717) is 16.8 Å². The van der Waals surface area contributed by atoms with Crippen molar-refractivity contribution in [3.05, 3.63) is 193 Å². The van der Waals surface area contributed by atoms with Crippen molar-refractivity contribution in [1.29, 1.82) is 0 Å². The molecule has 71 heavy (non-hydrogen) atoms. The van der Waals surface area contributed by atoms with Crippen molar-refractivity contribution in [2.45, 2.75) is 18.5 Å². The van der Waals surface area contributed by atoms with Crippen LogP contribution < -0.4 is 0 Å². The molecule has 3 aromatic heterocycles. The van der Waals surface area contributed by atoms with Gasteiger partial charge >= 0.3 is 18.5 Å². The third-order valence-corrected chi connectivity index (χ3v) is 11.2. The van der Waals surface area contributed by atoms with Gasteiger partial charge in [0.1, 0.15) is 44.5 Å². The summed E-state index contributed by atoms with van der Waals surface area (Å²) >= 11 is 0. The first-order valence-corrected chi connectivity index (χ1v) is 21.0. The number of aromatic nitrogens is 9. The van der Waals surface area contributed by atoms with E-state index in [0.717, 1.165) is 49.9 Å². The van der Waals surface area contributed by atoms with Crippen molar-refractivity contribution in [1.82, 2.24) is 45.0 Å². The number of benzene rings is 9. The Labute approximate surface area is 407 Å². The molecule has 1 N–H and O–H groups in total. The zero-order valence-corrected chi connectivity index (χ0v) is 38.3. The smallest absolute Gasteiger partial charge is 0.418 e. The van der Waals surface area contributed by atoms with Crippen LogP contribution in [0.2, 0.25) is 0 Å². The summed E-state index contributed by atoms with van der Waals surface area (Å²) in [7, 11) is 0. The summed E-state index contributed by atoms with van der Waals surface area (Å²) in [6.07, 6.45) is -13.4. The molecule has 357 valence electrons. The van der Waals surface area contributed by atoms with Crippen LogP contribution in [0.4, 0.5) is 39.5 Å². The molecule has 0 fully saturated rings. The van der Waals surface area contributed by atoms with Gasteiger partial charge in [0, 0.05) is 36.3 Å². The second-order valence-electron chi connectivity index (χ2n) is 15.6. The Kier molecular flexibility index (Phi) is 12.5. The summed E-state index contributed by atoms with van der Waals surface area (Å²) in [5, 5.41) is 40.1. The van der Waals surface area contributed by atoms with Crippen LogP contribution in [0.5, 0.6) is 5.75 Å². The number of fused-ring (bicyclic) bond motifs is 6. The van der Waals surface area contributed by atoms with E-state index in [1.165, 1.54) is 52.1 Å². The quantitative estimate of drug-likeness (QED) is 0.175. The Bertz CT molecular complexity index is 3740. The second kappa shape index (κ2) is 18.6. The van der Waals surface area contributed by atoms with E-state index in [2.05, 4.69) is 30.6 Å². The van der Waals surface area contributed by atoms with Crippen LogP contribution in [0.3, 0.4) is 0 Å². The summed E-state index contributed by atoms with van der Waals surface area (Å²) in [5.74, 6) is -0.109. The molecule has 0 bridgehead atoms. The van der Waals surface area contributed by atoms with Crippen LogP contribution in [-0.4, -0.2) is 50.1 Å². The first-order valence-electron chi connectivity index (χ1n) is 21.0. The fourth-order valence-corrected chi connectivity index (χ4v) is 8.03. The van der Waals surface area contributed by atoms with E-state index >= 15 is 0 Å². The first-order chi connectivity index (χ1) is 33.5. The molecule has 3 heterocycles. The predicted octanol–water partition coefficient (Wildman–Crippen LogP) is 13.5. The predicted molar refractivity (Wildman–Crippen MR) is 246 cm³/mol. The molecule has 0 spiro atoms. The molecular formula is C51H30F9IrN9O. The van der Waals surface area contributed by atoms with Gasteiger partial charge in [0.2, 0.25) is 0 Å². The number of hydrogen-bond acceptors (Lipinski definition) is 7. The fourth-order valence-electron chi connectivity index (χ4n) is 8.03. The van der Waals surface area contributed by atoms with Gasteiger partial charge in [-0.2, -0.15) is 39.5 Å². The zero-order chi connectivity index (χ0) is 49.0. The average Bonchev–Trinajstić information content (AvgIpc) is 4.10. The third-order valence-electron chi connectivity index (χ3n) is 11.2. The van der Waals surface area contributed by atoms with E-state index < -0.39 is 35.2 Å². The molecule has 0 aliphatic carbocycles. The molecule has 0 saturated carbocycles. The van der Waals surface area contributed by atoms with Gasteiger partial charge in [-0.15, -0.1) is 45.0 Å². The van der Waals surface area contributed by atoms with Crippen molar-refractivity contribution in [2.75, 3.05) is 0 Å². The molecule has 0 amide bonds. The number of hydrogen-bond donors (Lipinski definition) is 1. The number of aromatic hydroxyl groups is 1. The number of alkyl halides is 9. The zero-order valence-electron chi connectivity index (χ0n) is 36.0. The average molecular weight is 1150 g/mol. The van der Waals surface area contributed by atoms with Crippen LogP contribution in [-0.2, 0) is 38.6 Å². The molecule has 12 rings (SSSR count). The largest absolute Gasteiger partial charge is 0.506 e. The minimum atomic E-state index is -4.53. The Balaban J connectivity index is 0.000000131. The van der Waals surface area contributed by atoms with Crippen molar-refractivity contribution in [2.24, 2.45) is 0 Å². The molecule has 1 radical (unpaired) electrons. The van der Waals surface area contributed by atoms with Gasteiger partial charge in [-0.3, -0.25) is 0 Å². The van der Waals surface area contributed by atoms with Crippen LogP contribution in [0, 0.1) is 0 Å². The second-order valence-corrected chi connectivity index (χ2v) is 15.6. The Morgan fingerprint density at radius 1 is 0.324 bits per heavy atom. The number of nitrogens with zero attached hydrogens (tertiary/aromatic N) is 9. The van der Waals surface area contributed by atoms with E-state index in [9.17, 15) is 44.6 Å². The van der Waals surface area contributed by atoms with Gasteiger partial charge in [0.25, 0.3) is 0 Å². The summed E-state index contributed by atoms with van der Waals surface area (Å²) in [4.78, 5) is 3.59. The molecular weight excluding hydrogens is 1120 g/mol. The molecule has 9 aromatic carbocycles. The van der Waals surface area contributed by atoms with Crippen molar-refractivity contribution >= 4 is 65.4 Å².